The van der Waals surface area contributed by atoms with Gasteiger partial charge >= 0.3 is 0 Å². The van der Waals surface area contributed by atoms with Crippen LogP contribution in [0, 0.1) is 0 Å². The van der Waals surface area contributed by atoms with E-state index in [1.54, 1.807) is 14.2 Å². The fourth-order valence-electron chi connectivity index (χ4n) is 1.83. The Morgan fingerprint density at radius 1 is 1.23 bits per heavy atom. The topological polar surface area (TPSA) is 74.8 Å². The normalized spacial score (nSPS) is 11.1. The van der Waals surface area contributed by atoms with E-state index in [2.05, 4.69) is 20.9 Å². The third-order valence-corrected chi connectivity index (χ3v) is 3.00. The van der Waals surface area contributed by atoms with Crippen molar-refractivity contribution in [3.63, 3.8) is 0 Å². The minimum Gasteiger partial charge on any atom is -0.383 e. The number of anilines is 1. The molecule has 0 aromatic heterocycles. The minimum absolute atomic E-state index is 0.0520. The molecular formula is C16H26N4O2. The lowest BCUT2D eigenvalue weighted by molar-refractivity contribution is -0.116. The summed E-state index contributed by atoms with van der Waals surface area (Å²) in [6.45, 7) is 3.99. The predicted octanol–water partition coefficient (Wildman–Crippen LogP) is 1.74. The zero-order valence-electron chi connectivity index (χ0n) is 13.6. The number of carbonyl (C=O) groups excluding carboxylic acids is 1. The summed E-state index contributed by atoms with van der Waals surface area (Å²) >= 11 is 0. The number of ether oxygens (including phenoxy) is 1. The van der Waals surface area contributed by atoms with Crippen LogP contribution in [0.3, 0.4) is 0 Å². The van der Waals surface area contributed by atoms with Gasteiger partial charge in [-0.15, -0.1) is 0 Å². The van der Waals surface area contributed by atoms with E-state index in [-0.39, 0.29) is 5.91 Å². The average Bonchev–Trinajstić information content (AvgIpc) is 2.52. The highest BCUT2D eigenvalue weighted by Gasteiger charge is 2.01. The van der Waals surface area contributed by atoms with Gasteiger partial charge in [-0.25, -0.2) is 0 Å². The van der Waals surface area contributed by atoms with Gasteiger partial charge in [0.05, 0.1) is 6.61 Å². The zero-order chi connectivity index (χ0) is 16.2. The molecule has 1 aromatic rings. The van der Waals surface area contributed by atoms with Crippen LogP contribution in [0.5, 0.6) is 0 Å². The highest BCUT2D eigenvalue weighted by Crippen LogP contribution is 2.10. The van der Waals surface area contributed by atoms with Gasteiger partial charge in [-0.05, 0) is 24.1 Å². The van der Waals surface area contributed by atoms with Gasteiger partial charge in [0, 0.05) is 39.4 Å². The number of benzene rings is 1. The molecule has 0 aliphatic rings. The van der Waals surface area contributed by atoms with Crippen molar-refractivity contribution in [3.8, 4) is 0 Å². The van der Waals surface area contributed by atoms with E-state index in [0.717, 1.165) is 23.6 Å². The number of rotatable bonds is 8. The first-order valence-corrected chi connectivity index (χ1v) is 7.51. The molecule has 0 bridgehead atoms. The second kappa shape index (κ2) is 10.6. The number of methoxy groups -OCH3 is 1. The quantitative estimate of drug-likeness (QED) is 0.388. The molecule has 1 aromatic carbocycles. The van der Waals surface area contributed by atoms with E-state index >= 15 is 0 Å². The Kier molecular flexibility index (Phi) is 8.67. The van der Waals surface area contributed by atoms with Crippen LogP contribution in [-0.4, -0.2) is 39.2 Å². The van der Waals surface area contributed by atoms with Gasteiger partial charge < -0.3 is 20.7 Å². The summed E-state index contributed by atoms with van der Waals surface area (Å²) in [5.41, 5.74) is 1.94. The van der Waals surface area contributed by atoms with Gasteiger partial charge in [-0.3, -0.25) is 9.79 Å². The second-order valence-electron chi connectivity index (χ2n) is 4.84. The third-order valence-electron chi connectivity index (χ3n) is 3.00. The summed E-state index contributed by atoms with van der Waals surface area (Å²) in [6.07, 6.45) is 1.40. The monoisotopic (exact) mass is 306 g/mol. The molecule has 0 spiro atoms. The SMILES string of the molecule is CCCC(=O)Nc1ccc(CNC(=NC)NCCOC)cc1. The molecule has 0 fully saturated rings. The summed E-state index contributed by atoms with van der Waals surface area (Å²) in [5, 5.41) is 9.24. The van der Waals surface area contributed by atoms with Crippen molar-refractivity contribution >= 4 is 17.6 Å². The fraction of sp³-hybridized carbons (Fsp3) is 0.500. The molecule has 0 aliphatic carbocycles. The molecule has 3 N–H and O–H groups in total. The molecule has 22 heavy (non-hydrogen) atoms. The van der Waals surface area contributed by atoms with Gasteiger partial charge in [0.1, 0.15) is 0 Å². The molecule has 6 heteroatoms. The Morgan fingerprint density at radius 2 is 1.95 bits per heavy atom. The van der Waals surface area contributed by atoms with Gasteiger partial charge in [-0.1, -0.05) is 19.1 Å². The van der Waals surface area contributed by atoms with Crippen molar-refractivity contribution in [1.82, 2.24) is 10.6 Å². The second-order valence-corrected chi connectivity index (χ2v) is 4.84. The van der Waals surface area contributed by atoms with Crippen LogP contribution in [0.1, 0.15) is 25.3 Å². The first-order chi connectivity index (χ1) is 10.7. The van der Waals surface area contributed by atoms with Crippen molar-refractivity contribution in [2.45, 2.75) is 26.3 Å². The lowest BCUT2D eigenvalue weighted by atomic mass is 10.2. The van der Waals surface area contributed by atoms with Crippen molar-refractivity contribution < 1.29 is 9.53 Å². The maximum Gasteiger partial charge on any atom is 0.224 e. The number of carbonyl (C=O) groups is 1. The average molecular weight is 306 g/mol. The Morgan fingerprint density at radius 3 is 2.55 bits per heavy atom. The van der Waals surface area contributed by atoms with Crippen LogP contribution in [-0.2, 0) is 16.1 Å². The Hall–Kier alpha value is -2.08. The summed E-state index contributed by atoms with van der Waals surface area (Å²) in [5.74, 6) is 0.786. The fourth-order valence-corrected chi connectivity index (χ4v) is 1.83. The maximum absolute atomic E-state index is 11.5. The number of aliphatic imine (C=N–C) groups is 1. The lowest BCUT2D eigenvalue weighted by Gasteiger charge is -2.12. The number of hydrogen-bond acceptors (Lipinski definition) is 3. The number of nitrogens with zero attached hydrogens (tertiary/aromatic N) is 1. The van der Waals surface area contributed by atoms with E-state index in [0.29, 0.717) is 26.1 Å². The molecule has 0 saturated carbocycles. The summed E-state index contributed by atoms with van der Waals surface area (Å²) in [6, 6.07) is 7.78. The molecule has 122 valence electrons. The summed E-state index contributed by atoms with van der Waals surface area (Å²) in [7, 11) is 3.40. The maximum atomic E-state index is 11.5. The molecular weight excluding hydrogens is 280 g/mol. The number of amides is 1. The number of hydrogen-bond donors (Lipinski definition) is 3. The van der Waals surface area contributed by atoms with Crippen molar-refractivity contribution in [2.24, 2.45) is 4.99 Å². The van der Waals surface area contributed by atoms with Gasteiger partial charge in [0.25, 0.3) is 0 Å². The van der Waals surface area contributed by atoms with Gasteiger partial charge in [0.15, 0.2) is 5.96 Å². The van der Waals surface area contributed by atoms with E-state index in [1.807, 2.05) is 31.2 Å². The van der Waals surface area contributed by atoms with E-state index < -0.39 is 0 Å². The Labute approximate surface area is 132 Å². The molecule has 1 rings (SSSR count). The van der Waals surface area contributed by atoms with Crippen LogP contribution in [0.4, 0.5) is 5.69 Å². The highest BCUT2D eigenvalue weighted by molar-refractivity contribution is 5.90. The first-order valence-electron chi connectivity index (χ1n) is 7.51. The molecule has 1 amide bonds. The van der Waals surface area contributed by atoms with Gasteiger partial charge in [-0.2, -0.15) is 0 Å². The largest absolute Gasteiger partial charge is 0.383 e. The van der Waals surface area contributed by atoms with E-state index in [9.17, 15) is 4.79 Å². The molecule has 0 saturated heterocycles. The zero-order valence-corrected chi connectivity index (χ0v) is 13.6. The van der Waals surface area contributed by atoms with Crippen LogP contribution in [0.15, 0.2) is 29.3 Å². The molecule has 6 nitrogen and oxygen atoms in total. The molecule has 0 unspecified atom stereocenters. The lowest BCUT2D eigenvalue weighted by Crippen LogP contribution is -2.38. The van der Waals surface area contributed by atoms with E-state index in [1.165, 1.54) is 0 Å². The predicted molar refractivity (Wildman–Crippen MR) is 90.1 cm³/mol. The first kappa shape index (κ1) is 18.0. The van der Waals surface area contributed by atoms with E-state index in [4.69, 9.17) is 4.74 Å². The number of guanidine groups is 1. The summed E-state index contributed by atoms with van der Waals surface area (Å²) < 4.78 is 4.98. The molecule has 0 aliphatic heterocycles. The molecule has 0 atom stereocenters. The van der Waals surface area contributed by atoms with Crippen LogP contribution in [0.25, 0.3) is 0 Å². The van der Waals surface area contributed by atoms with Crippen molar-refractivity contribution in [1.29, 1.82) is 0 Å². The molecule has 0 heterocycles. The smallest absolute Gasteiger partial charge is 0.224 e. The Balaban J connectivity index is 2.41. The van der Waals surface area contributed by atoms with Crippen LogP contribution < -0.4 is 16.0 Å². The van der Waals surface area contributed by atoms with Crippen molar-refractivity contribution in [3.05, 3.63) is 29.8 Å². The highest BCUT2D eigenvalue weighted by atomic mass is 16.5. The van der Waals surface area contributed by atoms with Gasteiger partial charge in [0.2, 0.25) is 5.91 Å². The molecule has 0 radical (unpaired) electrons. The van der Waals surface area contributed by atoms with Crippen LogP contribution in [0.2, 0.25) is 0 Å². The Bertz CT molecular complexity index is 472. The third kappa shape index (κ3) is 7.08. The van der Waals surface area contributed by atoms with Crippen LogP contribution >= 0.6 is 0 Å². The number of nitrogens with one attached hydrogen (secondary N) is 3. The van der Waals surface area contributed by atoms with Crippen molar-refractivity contribution in [2.75, 3.05) is 32.6 Å². The minimum atomic E-state index is 0.0520. The summed E-state index contributed by atoms with van der Waals surface area (Å²) in [4.78, 5) is 15.7. The standard InChI is InChI=1S/C16H26N4O2/c1-4-5-15(21)20-14-8-6-13(7-9-14)12-19-16(17-2)18-10-11-22-3/h6-9H,4-5,10-12H2,1-3H3,(H,20,21)(H2,17,18,19).